The van der Waals surface area contributed by atoms with Crippen molar-refractivity contribution in [3.05, 3.63) is 29.8 Å². The molecule has 0 bridgehead atoms. The largest absolute Gasteiger partial charge is 0.490 e. The maximum absolute atomic E-state index is 10.7. The third kappa shape index (κ3) is 2.99. The first-order valence-corrected chi connectivity index (χ1v) is 7.74. The van der Waals surface area contributed by atoms with Crippen molar-refractivity contribution in [3.8, 4) is 5.75 Å². The summed E-state index contributed by atoms with van der Waals surface area (Å²) in [5, 5.41) is 21.3. The molecule has 2 saturated carbocycles. The number of hydrogen-bond donors (Lipinski definition) is 2. The molecular formula is C17H24O3. The lowest BCUT2D eigenvalue weighted by Gasteiger charge is -2.38. The molecule has 0 aromatic heterocycles. The highest BCUT2D eigenvalue weighted by Gasteiger charge is 2.39. The van der Waals surface area contributed by atoms with E-state index < -0.39 is 11.7 Å². The van der Waals surface area contributed by atoms with E-state index in [9.17, 15) is 10.2 Å². The van der Waals surface area contributed by atoms with Crippen LogP contribution in [0, 0.1) is 5.92 Å². The molecule has 110 valence electrons. The summed E-state index contributed by atoms with van der Waals surface area (Å²) in [6.07, 6.45) is 5.06. The summed E-state index contributed by atoms with van der Waals surface area (Å²) in [6.45, 7) is 2.20. The van der Waals surface area contributed by atoms with Crippen molar-refractivity contribution >= 4 is 0 Å². The van der Waals surface area contributed by atoms with Crippen molar-refractivity contribution in [1.82, 2.24) is 0 Å². The van der Waals surface area contributed by atoms with E-state index in [1.165, 1.54) is 0 Å². The molecule has 2 aliphatic rings. The monoisotopic (exact) mass is 276 g/mol. The molecule has 0 spiro atoms. The Morgan fingerprint density at radius 3 is 2.55 bits per heavy atom. The molecule has 0 radical (unpaired) electrons. The molecule has 0 heterocycles. The summed E-state index contributed by atoms with van der Waals surface area (Å²) < 4.78 is 5.76. The Kier molecular flexibility index (Phi) is 3.74. The second-order valence-electron chi connectivity index (χ2n) is 6.58. The lowest BCUT2D eigenvalue weighted by atomic mass is 9.75. The molecule has 0 amide bonds. The van der Waals surface area contributed by atoms with E-state index in [1.807, 2.05) is 24.3 Å². The Bertz CT molecular complexity index is 459. The number of aliphatic hydroxyl groups is 2. The van der Waals surface area contributed by atoms with Crippen LogP contribution in [0.2, 0.25) is 0 Å². The van der Waals surface area contributed by atoms with Crippen LogP contribution >= 0.6 is 0 Å². The van der Waals surface area contributed by atoms with E-state index in [-0.39, 0.29) is 0 Å². The first-order chi connectivity index (χ1) is 9.57. The first-order valence-electron chi connectivity index (χ1n) is 7.74. The number of aliphatic hydroxyl groups excluding tert-OH is 1. The SMILES string of the molecule is CC1CCC(O)(C(O)c2cccc(OC3CC3)c2)CC1. The van der Waals surface area contributed by atoms with Gasteiger partial charge < -0.3 is 14.9 Å². The van der Waals surface area contributed by atoms with Gasteiger partial charge in [0.1, 0.15) is 11.9 Å². The number of hydrogen-bond acceptors (Lipinski definition) is 3. The molecule has 3 rings (SSSR count). The number of ether oxygens (including phenoxy) is 1. The lowest BCUT2D eigenvalue weighted by molar-refractivity contribution is -0.105. The fourth-order valence-corrected chi connectivity index (χ4v) is 2.98. The summed E-state index contributed by atoms with van der Waals surface area (Å²) in [5.74, 6) is 1.45. The molecule has 1 atom stereocenters. The van der Waals surface area contributed by atoms with Crippen molar-refractivity contribution in [2.24, 2.45) is 5.92 Å². The zero-order valence-electron chi connectivity index (χ0n) is 12.1. The summed E-state index contributed by atoms with van der Waals surface area (Å²) in [5.41, 5.74) is -0.217. The highest BCUT2D eigenvalue weighted by atomic mass is 16.5. The zero-order valence-corrected chi connectivity index (χ0v) is 12.1. The second kappa shape index (κ2) is 5.38. The van der Waals surface area contributed by atoms with Gasteiger partial charge in [0.15, 0.2) is 0 Å². The number of benzene rings is 1. The molecule has 1 unspecified atom stereocenters. The minimum Gasteiger partial charge on any atom is -0.490 e. The van der Waals surface area contributed by atoms with Gasteiger partial charge in [-0.05, 0) is 62.1 Å². The fourth-order valence-electron chi connectivity index (χ4n) is 2.98. The van der Waals surface area contributed by atoms with Gasteiger partial charge in [-0.25, -0.2) is 0 Å². The van der Waals surface area contributed by atoms with Crippen LogP contribution in [-0.4, -0.2) is 21.9 Å². The molecule has 3 nitrogen and oxygen atoms in total. The Hall–Kier alpha value is -1.06. The van der Waals surface area contributed by atoms with Crippen molar-refractivity contribution < 1.29 is 14.9 Å². The molecule has 0 aliphatic heterocycles. The third-order valence-corrected chi connectivity index (χ3v) is 4.65. The van der Waals surface area contributed by atoms with E-state index in [4.69, 9.17) is 4.74 Å². The maximum atomic E-state index is 10.7. The molecule has 1 aromatic carbocycles. The zero-order chi connectivity index (χ0) is 14.2. The van der Waals surface area contributed by atoms with Crippen LogP contribution in [0.3, 0.4) is 0 Å². The predicted octanol–water partition coefficient (Wildman–Crippen LogP) is 3.20. The van der Waals surface area contributed by atoms with Gasteiger partial charge in [0, 0.05) is 0 Å². The number of rotatable bonds is 4. The predicted molar refractivity (Wildman–Crippen MR) is 77.6 cm³/mol. The van der Waals surface area contributed by atoms with Gasteiger partial charge in [-0.2, -0.15) is 0 Å². The van der Waals surface area contributed by atoms with Gasteiger partial charge in [-0.15, -0.1) is 0 Å². The Morgan fingerprint density at radius 2 is 1.90 bits per heavy atom. The normalized spacial score (nSPS) is 31.9. The third-order valence-electron chi connectivity index (χ3n) is 4.65. The summed E-state index contributed by atoms with van der Waals surface area (Å²) in [6, 6.07) is 7.56. The van der Waals surface area contributed by atoms with Gasteiger partial charge in [0.05, 0.1) is 11.7 Å². The lowest BCUT2D eigenvalue weighted by Crippen LogP contribution is -2.39. The molecule has 0 saturated heterocycles. The summed E-state index contributed by atoms with van der Waals surface area (Å²) in [7, 11) is 0. The van der Waals surface area contributed by atoms with Crippen LogP contribution in [0.5, 0.6) is 5.75 Å². The van der Waals surface area contributed by atoms with E-state index in [2.05, 4.69) is 6.92 Å². The van der Waals surface area contributed by atoms with E-state index >= 15 is 0 Å². The molecule has 2 fully saturated rings. The van der Waals surface area contributed by atoms with Crippen molar-refractivity contribution in [2.75, 3.05) is 0 Å². The van der Waals surface area contributed by atoms with Crippen LogP contribution in [0.15, 0.2) is 24.3 Å². The van der Waals surface area contributed by atoms with E-state index in [0.29, 0.717) is 24.9 Å². The van der Waals surface area contributed by atoms with Gasteiger partial charge in [0.2, 0.25) is 0 Å². The van der Waals surface area contributed by atoms with Gasteiger partial charge in [0.25, 0.3) is 0 Å². The van der Waals surface area contributed by atoms with Gasteiger partial charge >= 0.3 is 0 Å². The summed E-state index contributed by atoms with van der Waals surface area (Å²) >= 11 is 0. The average molecular weight is 276 g/mol. The van der Waals surface area contributed by atoms with Crippen molar-refractivity contribution in [1.29, 1.82) is 0 Å². The molecule has 2 N–H and O–H groups in total. The topological polar surface area (TPSA) is 49.7 Å². The van der Waals surface area contributed by atoms with Crippen molar-refractivity contribution in [2.45, 2.75) is 63.3 Å². The highest BCUT2D eigenvalue weighted by molar-refractivity contribution is 5.31. The maximum Gasteiger partial charge on any atom is 0.120 e. The first kappa shape index (κ1) is 13.9. The second-order valence-corrected chi connectivity index (χ2v) is 6.58. The molecule has 2 aliphatic carbocycles. The van der Waals surface area contributed by atoms with Crippen LogP contribution in [0.1, 0.15) is 57.1 Å². The van der Waals surface area contributed by atoms with Gasteiger partial charge in [-0.1, -0.05) is 19.1 Å². The smallest absolute Gasteiger partial charge is 0.120 e. The molecular weight excluding hydrogens is 252 g/mol. The summed E-state index contributed by atoms with van der Waals surface area (Å²) in [4.78, 5) is 0. The Balaban J connectivity index is 1.73. The van der Waals surface area contributed by atoms with Crippen molar-refractivity contribution in [3.63, 3.8) is 0 Å². The Morgan fingerprint density at radius 1 is 1.20 bits per heavy atom. The highest BCUT2D eigenvalue weighted by Crippen LogP contribution is 2.41. The van der Waals surface area contributed by atoms with Gasteiger partial charge in [-0.3, -0.25) is 0 Å². The van der Waals surface area contributed by atoms with Crippen LogP contribution in [0.25, 0.3) is 0 Å². The molecule has 3 heteroatoms. The van der Waals surface area contributed by atoms with E-state index in [1.54, 1.807) is 0 Å². The molecule has 20 heavy (non-hydrogen) atoms. The van der Waals surface area contributed by atoms with E-state index in [0.717, 1.165) is 37.0 Å². The van der Waals surface area contributed by atoms with Crippen LogP contribution < -0.4 is 4.74 Å². The molecule has 1 aromatic rings. The van der Waals surface area contributed by atoms with Crippen LogP contribution in [-0.2, 0) is 0 Å². The minimum atomic E-state index is -0.981. The Labute approximate surface area is 120 Å². The van der Waals surface area contributed by atoms with Crippen LogP contribution in [0.4, 0.5) is 0 Å². The quantitative estimate of drug-likeness (QED) is 0.888. The minimum absolute atomic E-state index is 0.348. The average Bonchev–Trinajstić information content (AvgIpc) is 3.26. The fraction of sp³-hybridized carbons (Fsp3) is 0.647. The standard InChI is InChI=1S/C17H24O3/c1-12-7-9-17(19,10-8-12)16(18)13-3-2-4-15(11-13)20-14-5-6-14/h2-4,11-12,14,16,18-19H,5-10H2,1H3.